The molecule has 0 amide bonds. The zero-order valence-electron chi connectivity index (χ0n) is 36.3. The molecule has 310 valence electrons. The van der Waals surface area contributed by atoms with Gasteiger partial charge in [0.1, 0.15) is 12.0 Å². The van der Waals surface area contributed by atoms with Gasteiger partial charge >= 0.3 is 0 Å². The molecule has 0 aromatic heterocycles. The molecule has 0 fully saturated rings. The fourth-order valence-corrected chi connectivity index (χ4v) is 17.4. The smallest absolute Gasteiger partial charge is 0.262 e. The Kier molecular flexibility index (Phi) is 16.2. The van der Waals surface area contributed by atoms with Crippen LogP contribution >= 0.6 is 0 Å². The van der Waals surface area contributed by atoms with Crippen LogP contribution in [0.25, 0.3) is 0 Å². The molecule has 5 aromatic carbocycles. The molecule has 3 atom stereocenters. The number of hydrogen-bond donors (Lipinski definition) is 0. The van der Waals surface area contributed by atoms with Gasteiger partial charge in [-0.3, -0.25) is 4.79 Å². The molecule has 0 N–H and O–H groups in total. The molecule has 5 aromatic rings. The van der Waals surface area contributed by atoms with Gasteiger partial charge in [0.15, 0.2) is 0 Å². The molecule has 0 bridgehead atoms. The first-order valence-corrected chi connectivity index (χ1v) is 24.8. The summed E-state index contributed by atoms with van der Waals surface area (Å²) >= 11 is 0. The molecule has 59 heavy (non-hydrogen) atoms. The summed E-state index contributed by atoms with van der Waals surface area (Å²) in [6.07, 6.45) is 10.5. The van der Waals surface area contributed by atoms with Crippen molar-refractivity contribution in [3.63, 3.8) is 0 Å². The van der Waals surface area contributed by atoms with Crippen LogP contribution in [0, 0.1) is 0 Å². The highest BCUT2D eigenvalue weighted by atomic mass is 28.4. The molecule has 0 aliphatic rings. The number of carbonyl (C=O) groups is 1. The Labute approximate surface area is 356 Å². The van der Waals surface area contributed by atoms with Crippen LogP contribution in [-0.4, -0.2) is 48.3 Å². The first-order valence-electron chi connectivity index (χ1n) is 21.0. The molecular formula is C52H64O5Si2. The summed E-state index contributed by atoms with van der Waals surface area (Å²) < 4.78 is 27.0. The van der Waals surface area contributed by atoms with Gasteiger partial charge in [-0.1, -0.05) is 187 Å². The molecule has 0 aliphatic heterocycles. The van der Waals surface area contributed by atoms with Crippen LogP contribution in [0.15, 0.2) is 170 Å². The number of methoxy groups -OCH3 is 1. The monoisotopic (exact) mass is 824 g/mol. The third-order valence-corrected chi connectivity index (χ3v) is 21.3. The van der Waals surface area contributed by atoms with Crippen molar-refractivity contribution in [1.29, 1.82) is 0 Å². The molecule has 5 rings (SSSR count). The van der Waals surface area contributed by atoms with Crippen LogP contribution in [0.1, 0.15) is 73.3 Å². The number of aldehydes is 1. The predicted octanol–water partition coefficient (Wildman–Crippen LogP) is 9.97. The van der Waals surface area contributed by atoms with Gasteiger partial charge in [-0.05, 0) is 86.9 Å². The van der Waals surface area contributed by atoms with Crippen molar-refractivity contribution < 1.29 is 23.1 Å². The quantitative estimate of drug-likeness (QED) is 0.0339. The standard InChI is InChI=1S/C52H64O5Si2/c1-42(55-41-43-34-36-44(54-8)37-35-43)23-21-24-45(56-58(51(2,3)4,47-26-13-9-14-27-47)48-28-15-10-16-29-48)38-39-46(25-22-40-53)57-59(52(5,6)7,49-30-17-11-18-31-49)50-32-19-12-20-33-50/h9-20,22,25-40,42,45-46H,21,23-24,41H2,1-8H3/b25-22-,39-38-/t42-,45+,46+/m0/s1. The third kappa shape index (κ3) is 11.4. The van der Waals surface area contributed by atoms with Crippen molar-refractivity contribution in [1.82, 2.24) is 0 Å². The van der Waals surface area contributed by atoms with Crippen molar-refractivity contribution in [2.24, 2.45) is 0 Å². The molecule has 0 unspecified atom stereocenters. The molecule has 0 spiro atoms. The molecular weight excluding hydrogens is 761 g/mol. The van der Waals surface area contributed by atoms with Crippen LogP contribution in [0.2, 0.25) is 10.1 Å². The van der Waals surface area contributed by atoms with E-state index >= 15 is 0 Å². The first kappa shape index (κ1) is 45.4. The van der Waals surface area contributed by atoms with Gasteiger partial charge in [-0.15, -0.1) is 0 Å². The number of carbonyl (C=O) groups excluding carboxylic acids is 1. The second kappa shape index (κ2) is 21.1. The lowest BCUT2D eigenvalue weighted by molar-refractivity contribution is -0.104. The van der Waals surface area contributed by atoms with Crippen LogP contribution < -0.4 is 25.5 Å². The Balaban J connectivity index is 1.54. The minimum Gasteiger partial charge on any atom is -0.497 e. The lowest BCUT2D eigenvalue weighted by Crippen LogP contribution is -2.67. The molecule has 7 heteroatoms. The van der Waals surface area contributed by atoms with Gasteiger partial charge in [-0.25, -0.2) is 0 Å². The highest BCUT2D eigenvalue weighted by Crippen LogP contribution is 2.40. The van der Waals surface area contributed by atoms with E-state index in [1.807, 2.05) is 18.2 Å². The van der Waals surface area contributed by atoms with Crippen molar-refractivity contribution in [3.05, 3.63) is 175 Å². The van der Waals surface area contributed by atoms with Crippen molar-refractivity contribution >= 4 is 43.7 Å². The van der Waals surface area contributed by atoms with E-state index in [1.165, 1.54) is 20.7 Å². The molecule has 0 saturated carbocycles. The van der Waals surface area contributed by atoms with Crippen molar-refractivity contribution in [2.45, 2.75) is 103 Å². The number of ether oxygens (including phenoxy) is 2. The van der Waals surface area contributed by atoms with Gasteiger partial charge in [-0.2, -0.15) is 0 Å². The van der Waals surface area contributed by atoms with Gasteiger partial charge < -0.3 is 18.3 Å². The lowest BCUT2D eigenvalue weighted by atomic mass is 10.1. The zero-order chi connectivity index (χ0) is 42.4. The lowest BCUT2D eigenvalue weighted by Gasteiger charge is -2.45. The number of rotatable bonds is 20. The minimum absolute atomic E-state index is 0.0522. The Bertz CT molecular complexity index is 1960. The zero-order valence-corrected chi connectivity index (χ0v) is 38.3. The third-order valence-electron chi connectivity index (χ3n) is 11.2. The maximum atomic E-state index is 11.9. The molecule has 0 heterocycles. The van der Waals surface area contributed by atoms with E-state index in [-0.39, 0.29) is 22.3 Å². The maximum absolute atomic E-state index is 11.9. The Morgan fingerprint density at radius 2 is 1.00 bits per heavy atom. The molecule has 0 radical (unpaired) electrons. The van der Waals surface area contributed by atoms with Crippen LogP contribution in [0.4, 0.5) is 0 Å². The van der Waals surface area contributed by atoms with E-state index in [0.29, 0.717) is 6.61 Å². The minimum atomic E-state index is -2.97. The van der Waals surface area contributed by atoms with Gasteiger partial charge in [0, 0.05) is 0 Å². The van der Waals surface area contributed by atoms with Gasteiger partial charge in [0.2, 0.25) is 0 Å². The number of benzene rings is 5. The summed E-state index contributed by atoms with van der Waals surface area (Å²) in [6, 6.07) is 50.9. The van der Waals surface area contributed by atoms with Crippen LogP contribution in [0.5, 0.6) is 5.75 Å². The fourth-order valence-electron chi connectivity index (χ4n) is 8.19. The van der Waals surface area contributed by atoms with Gasteiger partial charge in [0.25, 0.3) is 16.6 Å². The average Bonchev–Trinajstić information content (AvgIpc) is 3.24. The van der Waals surface area contributed by atoms with E-state index in [2.05, 4.69) is 194 Å². The van der Waals surface area contributed by atoms with E-state index in [1.54, 1.807) is 13.2 Å². The Morgan fingerprint density at radius 1 is 0.559 bits per heavy atom. The Hall–Kier alpha value is -4.64. The molecule has 0 aliphatic carbocycles. The highest BCUT2D eigenvalue weighted by molar-refractivity contribution is 7.00. The highest BCUT2D eigenvalue weighted by Gasteiger charge is 2.52. The van der Waals surface area contributed by atoms with E-state index < -0.39 is 22.7 Å². The van der Waals surface area contributed by atoms with Gasteiger partial charge in [0.05, 0.1) is 32.0 Å². The van der Waals surface area contributed by atoms with Crippen LogP contribution in [-0.2, 0) is 25.0 Å². The summed E-state index contributed by atoms with van der Waals surface area (Å²) in [6.45, 7) is 16.5. The summed E-state index contributed by atoms with van der Waals surface area (Å²) in [7, 11) is -4.23. The fraction of sp³-hybridized carbons (Fsp3) is 0.327. The SMILES string of the molecule is COc1ccc(CO[C@@H](C)CCC[C@H](/C=C\[C@@H](/C=C\C=O)O[Si](c2ccccc2)(c2ccccc2)C(C)(C)C)O[Si](c2ccccc2)(c2ccccc2)C(C)(C)C)cc1. The first-order chi connectivity index (χ1) is 28.3. The van der Waals surface area contributed by atoms with E-state index in [4.69, 9.17) is 18.3 Å². The summed E-state index contributed by atoms with van der Waals surface area (Å²) in [4.78, 5) is 11.9. The predicted molar refractivity (Wildman–Crippen MR) is 250 cm³/mol. The average molecular weight is 825 g/mol. The molecule has 0 saturated heterocycles. The topological polar surface area (TPSA) is 54.0 Å². The summed E-state index contributed by atoms with van der Waals surface area (Å²) in [5, 5.41) is 4.37. The number of allylic oxidation sites excluding steroid dienone is 1. The largest absolute Gasteiger partial charge is 0.497 e. The summed E-state index contributed by atoms with van der Waals surface area (Å²) in [5.41, 5.74) is 1.11. The maximum Gasteiger partial charge on any atom is 0.262 e. The van der Waals surface area contributed by atoms with Crippen molar-refractivity contribution in [2.75, 3.05) is 7.11 Å². The molecule has 5 nitrogen and oxygen atoms in total. The second-order valence-electron chi connectivity index (χ2n) is 17.4. The second-order valence-corrected chi connectivity index (χ2v) is 25.9. The summed E-state index contributed by atoms with van der Waals surface area (Å²) in [5.74, 6) is 0.836. The number of hydrogen-bond acceptors (Lipinski definition) is 5. The van der Waals surface area contributed by atoms with E-state index in [9.17, 15) is 4.79 Å². The normalized spacial score (nSPS) is 14.3. The van der Waals surface area contributed by atoms with Crippen LogP contribution in [0.3, 0.4) is 0 Å². The van der Waals surface area contributed by atoms with E-state index in [0.717, 1.165) is 36.9 Å². The Morgan fingerprint density at radius 3 is 1.41 bits per heavy atom. The van der Waals surface area contributed by atoms with Crippen molar-refractivity contribution in [3.8, 4) is 5.75 Å².